The highest BCUT2D eigenvalue weighted by Gasteiger charge is 2.12. The lowest BCUT2D eigenvalue weighted by Gasteiger charge is -2.15. The molecule has 0 fully saturated rings. The Balaban J connectivity index is 2.32. The van der Waals surface area contributed by atoms with E-state index in [-0.39, 0.29) is 0 Å². The topological polar surface area (TPSA) is 30.8 Å². The summed E-state index contributed by atoms with van der Waals surface area (Å²) in [5, 5.41) is 0. The van der Waals surface area contributed by atoms with Crippen molar-refractivity contribution in [3.8, 4) is 11.5 Å². The summed E-state index contributed by atoms with van der Waals surface area (Å²) >= 11 is 0. The molecule has 16 heavy (non-hydrogen) atoms. The van der Waals surface area contributed by atoms with Crippen LogP contribution in [0.3, 0.4) is 0 Å². The van der Waals surface area contributed by atoms with E-state index >= 15 is 0 Å². The Morgan fingerprint density at radius 3 is 2.94 bits per heavy atom. The molecule has 1 aromatic rings. The molecule has 0 radical (unpaired) electrons. The molecule has 1 heterocycles. The molecule has 3 heteroatoms. The Bertz CT molecular complexity index is 399. The molecule has 0 saturated heterocycles. The maximum Gasteiger partial charge on any atom is 0.161 e. The Hall–Kier alpha value is -1.51. The Labute approximate surface area is 96.1 Å². The van der Waals surface area contributed by atoms with Gasteiger partial charge in [-0.2, -0.15) is 0 Å². The molecule has 0 atom stereocenters. The lowest BCUT2D eigenvalue weighted by molar-refractivity contribution is 0.294. The van der Waals surface area contributed by atoms with Gasteiger partial charge in [-0.15, -0.1) is 0 Å². The summed E-state index contributed by atoms with van der Waals surface area (Å²) in [6.07, 6.45) is 3.89. The number of nitrogens with zero attached hydrogens (tertiary/aromatic N) is 1. The summed E-state index contributed by atoms with van der Waals surface area (Å²) in [5.74, 6) is 1.64. The average Bonchev–Trinajstić information content (AvgIpc) is 2.35. The number of ether oxygens (including phenoxy) is 2. The van der Waals surface area contributed by atoms with Crippen molar-refractivity contribution in [3.05, 3.63) is 23.3 Å². The summed E-state index contributed by atoms with van der Waals surface area (Å²) in [4.78, 5) is 4.26. The molecular formula is C13H17NO2. The maximum atomic E-state index is 5.67. The molecule has 0 spiro atoms. The normalized spacial score (nSPS) is 13.4. The van der Waals surface area contributed by atoms with Crippen molar-refractivity contribution >= 4 is 6.21 Å². The first kappa shape index (κ1) is 11.0. The molecule has 0 amide bonds. The minimum Gasteiger partial charge on any atom is -0.493 e. The van der Waals surface area contributed by atoms with Crippen LogP contribution in [0.25, 0.3) is 0 Å². The van der Waals surface area contributed by atoms with Gasteiger partial charge in [0, 0.05) is 12.8 Å². The molecule has 86 valence electrons. The van der Waals surface area contributed by atoms with E-state index in [9.17, 15) is 0 Å². The van der Waals surface area contributed by atoms with Crippen molar-refractivity contribution in [2.24, 2.45) is 4.99 Å². The van der Waals surface area contributed by atoms with Crippen molar-refractivity contribution in [3.63, 3.8) is 0 Å². The van der Waals surface area contributed by atoms with Crippen LogP contribution in [-0.4, -0.2) is 26.5 Å². The van der Waals surface area contributed by atoms with Crippen LogP contribution in [0.15, 0.2) is 17.1 Å². The Kier molecular flexibility index (Phi) is 3.44. The van der Waals surface area contributed by atoms with Crippen LogP contribution in [0.1, 0.15) is 24.5 Å². The number of hydrogen-bond donors (Lipinski definition) is 0. The first-order valence-corrected chi connectivity index (χ1v) is 5.68. The van der Waals surface area contributed by atoms with E-state index < -0.39 is 0 Å². The Morgan fingerprint density at radius 1 is 1.31 bits per heavy atom. The molecule has 0 aliphatic carbocycles. The van der Waals surface area contributed by atoms with Crippen molar-refractivity contribution in [1.82, 2.24) is 0 Å². The van der Waals surface area contributed by atoms with E-state index in [0.29, 0.717) is 0 Å². The van der Waals surface area contributed by atoms with Crippen LogP contribution >= 0.6 is 0 Å². The van der Waals surface area contributed by atoms with Crippen LogP contribution in [0.4, 0.5) is 0 Å². The van der Waals surface area contributed by atoms with Crippen molar-refractivity contribution < 1.29 is 9.47 Å². The lowest BCUT2D eigenvalue weighted by Crippen LogP contribution is -2.05. The van der Waals surface area contributed by atoms with Crippen LogP contribution in [0.5, 0.6) is 11.5 Å². The molecule has 0 N–H and O–H groups in total. The van der Waals surface area contributed by atoms with Gasteiger partial charge in [0.15, 0.2) is 11.5 Å². The molecule has 0 unspecified atom stereocenters. The first-order chi connectivity index (χ1) is 7.85. The van der Waals surface area contributed by atoms with E-state index in [4.69, 9.17) is 9.47 Å². The first-order valence-electron chi connectivity index (χ1n) is 5.68. The third-order valence-electron chi connectivity index (χ3n) is 2.63. The smallest absolute Gasteiger partial charge is 0.161 e. The molecule has 1 aromatic carbocycles. The van der Waals surface area contributed by atoms with Gasteiger partial charge in [0.05, 0.1) is 13.7 Å². The summed E-state index contributed by atoms with van der Waals surface area (Å²) in [5.41, 5.74) is 2.44. The molecule has 0 bridgehead atoms. The minimum atomic E-state index is 0.725. The fourth-order valence-electron chi connectivity index (χ4n) is 1.79. The molecule has 0 aromatic heterocycles. The van der Waals surface area contributed by atoms with Gasteiger partial charge in [-0.1, -0.05) is 6.92 Å². The summed E-state index contributed by atoms with van der Waals surface area (Å²) in [6, 6.07) is 4.08. The van der Waals surface area contributed by atoms with Gasteiger partial charge in [0.25, 0.3) is 0 Å². The predicted octanol–water partition coefficient (Wildman–Crippen LogP) is 2.46. The van der Waals surface area contributed by atoms with Gasteiger partial charge < -0.3 is 9.47 Å². The SMILES string of the molecule is CCCOc1cc2c(cc1OC)C=NCC2. The summed E-state index contributed by atoms with van der Waals surface area (Å²) in [6.45, 7) is 3.69. The van der Waals surface area contributed by atoms with E-state index in [0.717, 1.165) is 43.1 Å². The van der Waals surface area contributed by atoms with Crippen molar-refractivity contribution in [1.29, 1.82) is 0 Å². The zero-order valence-electron chi connectivity index (χ0n) is 9.82. The Morgan fingerprint density at radius 2 is 2.19 bits per heavy atom. The lowest BCUT2D eigenvalue weighted by atomic mass is 10.0. The second-order valence-electron chi connectivity index (χ2n) is 3.84. The van der Waals surface area contributed by atoms with Gasteiger partial charge >= 0.3 is 0 Å². The maximum absolute atomic E-state index is 5.67. The van der Waals surface area contributed by atoms with E-state index in [1.165, 1.54) is 5.56 Å². The number of methoxy groups -OCH3 is 1. The third-order valence-corrected chi connectivity index (χ3v) is 2.63. The number of fused-ring (bicyclic) bond motifs is 1. The zero-order valence-corrected chi connectivity index (χ0v) is 9.82. The monoisotopic (exact) mass is 219 g/mol. The fourth-order valence-corrected chi connectivity index (χ4v) is 1.79. The molecule has 3 nitrogen and oxygen atoms in total. The van der Waals surface area contributed by atoms with E-state index in [1.807, 2.05) is 12.3 Å². The highest BCUT2D eigenvalue weighted by atomic mass is 16.5. The van der Waals surface area contributed by atoms with Gasteiger partial charge in [0.1, 0.15) is 0 Å². The van der Waals surface area contributed by atoms with Crippen LogP contribution in [-0.2, 0) is 6.42 Å². The highest BCUT2D eigenvalue weighted by molar-refractivity contribution is 5.84. The van der Waals surface area contributed by atoms with Crippen LogP contribution < -0.4 is 9.47 Å². The van der Waals surface area contributed by atoms with Crippen molar-refractivity contribution in [2.75, 3.05) is 20.3 Å². The van der Waals surface area contributed by atoms with E-state index in [2.05, 4.69) is 18.0 Å². The fraction of sp³-hybridized carbons (Fsp3) is 0.462. The minimum absolute atomic E-state index is 0.725. The zero-order chi connectivity index (χ0) is 11.4. The van der Waals surface area contributed by atoms with Crippen molar-refractivity contribution in [2.45, 2.75) is 19.8 Å². The number of hydrogen-bond acceptors (Lipinski definition) is 3. The predicted molar refractivity (Wildman–Crippen MR) is 64.9 cm³/mol. The highest BCUT2D eigenvalue weighted by Crippen LogP contribution is 2.31. The van der Waals surface area contributed by atoms with E-state index in [1.54, 1.807) is 7.11 Å². The second-order valence-corrected chi connectivity index (χ2v) is 3.84. The van der Waals surface area contributed by atoms with Crippen LogP contribution in [0, 0.1) is 0 Å². The largest absolute Gasteiger partial charge is 0.493 e. The summed E-state index contributed by atoms with van der Waals surface area (Å²) < 4.78 is 11.0. The molecule has 1 aliphatic heterocycles. The van der Waals surface area contributed by atoms with Crippen LogP contribution in [0.2, 0.25) is 0 Å². The number of rotatable bonds is 4. The number of benzene rings is 1. The average molecular weight is 219 g/mol. The molecule has 0 saturated carbocycles. The third kappa shape index (κ3) is 2.18. The van der Waals surface area contributed by atoms with Gasteiger partial charge in [0.2, 0.25) is 0 Å². The molecule has 2 rings (SSSR count). The van der Waals surface area contributed by atoms with Gasteiger partial charge in [-0.3, -0.25) is 4.99 Å². The second kappa shape index (κ2) is 5.01. The molecular weight excluding hydrogens is 202 g/mol. The molecule has 1 aliphatic rings. The summed E-state index contributed by atoms with van der Waals surface area (Å²) in [7, 11) is 1.67. The van der Waals surface area contributed by atoms with Gasteiger partial charge in [-0.25, -0.2) is 0 Å². The van der Waals surface area contributed by atoms with Gasteiger partial charge in [-0.05, 0) is 36.1 Å². The quantitative estimate of drug-likeness (QED) is 0.778. The number of aliphatic imine (C=N–C) groups is 1. The standard InChI is InChI=1S/C13H17NO2/c1-3-6-16-13-7-10-4-5-14-9-11(10)8-12(13)15-2/h7-9H,3-6H2,1-2H3.